The van der Waals surface area contributed by atoms with Gasteiger partial charge in [0, 0.05) is 0 Å². The van der Waals surface area contributed by atoms with Crippen LogP contribution in [0.5, 0.6) is 5.75 Å². The molecule has 4 heteroatoms. The number of hydrogen-bond acceptors (Lipinski definition) is 1. The Kier molecular flexibility index (Phi) is 4.76. The summed E-state index contributed by atoms with van der Waals surface area (Å²) in [6.07, 6.45) is 0. The van der Waals surface area contributed by atoms with Gasteiger partial charge in [0.1, 0.15) is 0 Å². The molecule has 0 saturated carbocycles. The molecule has 0 unspecified atom stereocenters. The van der Waals surface area contributed by atoms with Gasteiger partial charge in [-0.3, -0.25) is 0 Å². The van der Waals surface area contributed by atoms with Crippen LogP contribution >= 0.6 is 17.0 Å². The fraction of sp³-hybridized carbons (Fsp3) is 0.200. The minimum absolute atomic E-state index is 0.836. The van der Waals surface area contributed by atoms with E-state index in [2.05, 4.69) is 19.1 Å². The van der Waals surface area contributed by atoms with Crippen molar-refractivity contribution in [3.63, 3.8) is 0 Å². The first-order valence-corrected chi connectivity index (χ1v) is 18.0. The Morgan fingerprint density at radius 2 is 1.53 bits per heavy atom. The van der Waals surface area contributed by atoms with Crippen LogP contribution in [0.4, 0.5) is 0 Å². The number of aryl methyl sites for hydroxylation is 2. The zero-order chi connectivity index (χ0) is 14.0. The molecule has 0 saturated heterocycles. The Morgan fingerprint density at radius 3 is 2.11 bits per heavy atom. The summed E-state index contributed by atoms with van der Waals surface area (Å²) in [6.45, 7) is 4.10. The first kappa shape index (κ1) is 15.1. The van der Waals surface area contributed by atoms with Gasteiger partial charge >= 0.3 is 126 Å². The Balaban J connectivity index is 2.53. The predicted molar refractivity (Wildman–Crippen MR) is 85.6 cm³/mol. The van der Waals surface area contributed by atoms with Crippen LogP contribution in [0.15, 0.2) is 42.5 Å². The second-order valence-corrected chi connectivity index (χ2v) is 22.6. The van der Waals surface area contributed by atoms with E-state index in [4.69, 9.17) is 21.8 Å². The average molecular weight is 492 g/mol. The molecule has 0 aliphatic heterocycles. The number of methoxy groups -OCH3 is 1. The van der Waals surface area contributed by atoms with E-state index in [1.54, 1.807) is 7.11 Å². The SMILES string of the molecule is COc1cc[c]([Bi]([Cl])([Cl])[c]2ccccc2C)c(C)c1. The Hall–Kier alpha value is -0.297. The van der Waals surface area contributed by atoms with Crippen LogP contribution < -0.4 is 11.3 Å². The Morgan fingerprint density at radius 1 is 0.895 bits per heavy atom. The van der Waals surface area contributed by atoms with Gasteiger partial charge in [0.05, 0.1) is 0 Å². The molecule has 101 valence electrons. The molecule has 0 amide bonds. The maximum absolute atomic E-state index is 6.83. The molecule has 0 atom stereocenters. The van der Waals surface area contributed by atoms with Gasteiger partial charge in [0.2, 0.25) is 0 Å². The fourth-order valence-electron chi connectivity index (χ4n) is 2.08. The van der Waals surface area contributed by atoms with E-state index in [0.717, 1.165) is 17.9 Å². The van der Waals surface area contributed by atoms with Gasteiger partial charge in [0.25, 0.3) is 0 Å². The van der Waals surface area contributed by atoms with E-state index >= 15 is 0 Å². The van der Waals surface area contributed by atoms with Crippen molar-refractivity contribution in [3.8, 4) is 5.75 Å². The van der Waals surface area contributed by atoms with E-state index in [9.17, 15) is 0 Å². The van der Waals surface area contributed by atoms with E-state index < -0.39 is 17.9 Å². The van der Waals surface area contributed by atoms with Gasteiger partial charge in [-0.2, -0.15) is 0 Å². The fourth-order valence-corrected chi connectivity index (χ4v) is 15.8. The first-order chi connectivity index (χ1) is 8.96. The Labute approximate surface area is 126 Å². The van der Waals surface area contributed by atoms with Gasteiger partial charge in [-0.1, -0.05) is 0 Å². The summed E-state index contributed by atoms with van der Waals surface area (Å²) in [7, 11) is 15.3. The zero-order valence-electron chi connectivity index (χ0n) is 11.2. The van der Waals surface area contributed by atoms with Crippen LogP contribution in [0, 0.1) is 13.8 Å². The minimum atomic E-state index is -3.59. The topological polar surface area (TPSA) is 9.23 Å². The van der Waals surface area contributed by atoms with Crippen LogP contribution in [0.3, 0.4) is 0 Å². The van der Waals surface area contributed by atoms with Crippen molar-refractivity contribution in [2.24, 2.45) is 0 Å². The third-order valence-corrected chi connectivity index (χ3v) is 18.1. The molecular formula is C15H16BiCl2O. The molecule has 0 spiro atoms. The van der Waals surface area contributed by atoms with Crippen LogP contribution in [0.25, 0.3) is 0 Å². The summed E-state index contributed by atoms with van der Waals surface area (Å²) in [5.41, 5.74) is 2.27. The van der Waals surface area contributed by atoms with Crippen molar-refractivity contribution < 1.29 is 4.74 Å². The summed E-state index contributed by atoms with van der Waals surface area (Å²) < 4.78 is 7.45. The molecule has 0 heterocycles. The third kappa shape index (κ3) is 3.07. The van der Waals surface area contributed by atoms with Gasteiger partial charge < -0.3 is 0 Å². The standard InChI is InChI=1S/C8H9O.C7H7.Bi.2ClH/c1-7-4-3-5-8(6-7)9-2;1-7-5-3-2-4-6-7;;;/h3,5-6H,1-2H3;2-5H,1H3;;2*1H/q;;+2;;/p-2. The number of ether oxygens (including phenoxy) is 1. The molecule has 0 aliphatic carbocycles. The predicted octanol–water partition coefficient (Wildman–Crippen LogP) is 3.35. The number of benzene rings is 2. The molecule has 2 rings (SSSR count). The molecular weight excluding hydrogens is 476 g/mol. The second-order valence-electron chi connectivity index (χ2n) is 4.45. The van der Waals surface area contributed by atoms with E-state index in [1.165, 1.54) is 5.56 Å². The van der Waals surface area contributed by atoms with Crippen LogP contribution in [0.2, 0.25) is 0 Å². The van der Waals surface area contributed by atoms with E-state index in [0.29, 0.717) is 0 Å². The molecule has 1 nitrogen and oxygen atoms in total. The Bertz CT molecular complexity index is 596. The molecule has 1 radical (unpaired) electrons. The van der Waals surface area contributed by atoms with Crippen molar-refractivity contribution in [2.75, 3.05) is 7.11 Å². The number of halogens is 2. The van der Waals surface area contributed by atoms with Gasteiger partial charge in [-0.05, 0) is 0 Å². The summed E-state index contributed by atoms with van der Waals surface area (Å²) in [5, 5.41) is 0. The molecule has 0 N–H and O–H groups in total. The van der Waals surface area contributed by atoms with Crippen molar-refractivity contribution in [2.45, 2.75) is 13.8 Å². The first-order valence-electron chi connectivity index (χ1n) is 5.96. The molecule has 2 aromatic rings. The molecule has 19 heavy (non-hydrogen) atoms. The van der Waals surface area contributed by atoms with Crippen LogP contribution in [0.1, 0.15) is 11.1 Å². The van der Waals surface area contributed by atoms with Crippen molar-refractivity contribution in [1.29, 1.82) is 0 Å². The van der Waals surface area contributed by atoms with Gasteiger partial charge in [-0.15, -0.1) is 0 Å². The summed E-state index contributed by atoms with van der Waals surface area (Å²) >= 11 is -3.59. The van der Waals surface area contributed by atoms with Crippen molar-refractivity contribution in [3.05, 3.63) is 53.6 Å². The molecule has 0 bridgehead atoms. The summed E-state index contributed by atoms with van der Waals surface area (Å²) in [6, 6.07) is 14.1. The summed E-state index contributed by atoms with van der Waals surface area (Å²) in [4.78, 5) is 0. The molecule has 2 aromatic carbocycles. The van der Waals surface area contributed by atoms with Gasteiger partial charge in [0.15, 0.2) is 0 Å². The average Bonchev–Trinajstić information content (AvgIpc) is 2.38. The monoisotopic (exact) mass is 491 g/mol. The second kappa shape index (κ2) is 5.99. The molecule has 0 fully saturated rings. The maximum atomic E-state index is 6.83. The quantitative estimate of drug-likeness (QED) is 0.598. The van der Waals surface area contributed by atoms with Crippen molar-refractivity contribution >= 4 is 41.4 Å². The van der Waals surface area contributed by atoms with Crippen LogP contribution in [-0.4, -0.2) is 25.0 Å². The summed E-state index contributed by atoms with van der Waals surface area (Å²) in [5.74, 6) is 0.836. The van der Waals surface area contributed by atoms with Crippen molar-refractivity contribution in [1.82, 2.24) is 0 Å². The third-order valence-electron chi connectivity index (χ3n) is 3.12. The van der Waals surface area contributed by atoms with E-state index in [1.807, 2.05) is 37.3 Å². The number of rotatable bonds is 3. The molecule has 0 aliphatic rings. The van der Waals surface area contributed by atoms with Crippen LogP contribution in [-0.2, 0) is 0 Å². The van der Waals surface area contributed by atoms with Gasteiger partial charge in [-0.25, -0.2) is 0 Å². The zero-order valence-corrected chi connectivity index (χ0v) is 16.1. The van der Waals surface area contributed by atoms with E-state index in [-0.39, 0.29) is 0 Å². The molecule has 0 aromatic heterocycles. The number of hydrogen-bond donors (Lipinski definition) is 0. The normalized spacial score (nSPS) is 11.4.